The Labute approximate surface area is 113 Å². The van der Waals surface area contributed by atoms with Crippen molar-refractivity contribution in [2.45, 2.75) is 20.0 Å². The van der Waals surface area contributed by atoms with Crippen molar-refractivity contribution in [3.8, 4) is 17.2 Å². The van der Waals surface area contributed by atoms with Gasteiger partial charge in [-0.25, -0.2) is 0 Å². The topological polar surface area (TPSA) is 38.7 Å². The van der Waals surface area contributed by atoms with Gasteiger partial charge in [-0.15, -0.1) is 0 Å². The van der Waals surface area contributed by atoms with Gasteiger partial charge in [0.05, 0.1) is 12.7 Å². The lowest BCUT2D eigenvalue weighted by molar-refractivity contribution is 0.195. The normalized spacial score (nSPS) is 11.9. The van der Waals surface area contributed by atoms with Gasteiger partial charge < -0.3 is 14.6 Å². The van der Waals surface area contributed by atoms with E-state index in [2.05, 4.69) is 0 Å². The third-order valence-electron chi connectivity index (χ3n) is 2.74. The number of para-hydroxylation sites is 3. The van der Waals surface area contributed by atoms with Crippen molar-refractivity contribution in [2.24, 2.45) is 0 Å². The largest absolute Gasteiger partial charge is 0.490 e. The number of benzene rings is 2. The highest BCUT2D eigenvalue weighted by Crippen LogP contribution is 2.34. The Morgan fingerprint density at radius 3 is 2.16 bits per heavy atom. The van der Waals surface area contributed by atoms with Gasteiger partial charge in [0.15, 0.2) is 11.5 Å². The van der Waals surface area contributed by atoms with Crippen LogP contribution in [0.4, 0.5) is 0 Å². The number of aliphatic hydroxyl groups is 1. The van der Waals surface area contributed by atoms with Crippen LogP contribution >= 0.6 is 0 Å². The lowest BCUT2D eigenvalue weighted by Crippen LogP contribution is -1.98. The molecular weight excluding hydrogens is 240 g/mol. The van der Waals surface area contributed by atoms with Crippen molar-refractivity contribution in [1.82, 2.24) is 0 Å². The fourth-order valence-corrected chi connectivity index (χ4v) is 1.85. The Bertz CT molecular complexity index is 535. The number of ether oxygens (including phenoxy) is 2. The Hall–Kier alpha value is -2.00. The first kappa shape index (κ1) is 13.4. The summed E-state index contributed by atoms with van der Waals surface area (Å²) in [6.07, 6.45) is -0.574. The molecule has 0 radical (unpaired) electrons. The molecule has 0 unspecified atom stereocenters. The summed E-state index contributed by atoms with van der Waals surface area (Å²) in [5.74, 6) is 1.99. The molecule has 2 aromatic carbocycles. The Morgan fingerprint density at radius 2 is 1.53 bits per heavy atom. The van der Waals surface area contributed by atoms with Crippen LogP contribution in [0.15, 0.2) is 48.5 Å². The number of hydrogen-bond donors (Lipinski definition) is 1. The zero-order valence-electron chi connectivity index (χ0n) is 11.2. The summed E-state index contributed by atoms with van der Waals surface area (Å²) in [4.78, 5) is 0. The Kier molecular flexibility index (Phi) is 4.42. The predicted molar refractivity (Wildman–Crippen MR) is 74.8 cm³/mol. The molecule has 0 amide bonds. The van der Waals surface area contributed by atoms with Crippen LogP contribution in [-0.2, 0) is 0 Å². The summed E-state index contributed by atoms with van der Waals surface area (Å²) >= 11 is 0. The van der Waals surface area contributed by atoms with Crippen LogP contribution < -0.4 is 9.47 Å². The third-order valence-corrected chi connectivity index (χ3v) is 2.74. The van der Waals surface area contributed by atoms with Gasteiger partial charge in [-0.05, 0) is 32.0 Å². The van der Waals surface area contributed by atoms with E-state index in [1.807, 2.05) is 55.5 Å². The fraction of sp³-hybridized carbons (Fsp3) is 0.250. The molecule has 3 heteroatoms. The van der Waals surface area contributed by atoms with Crippen molar-refractivity contribution in [3.05, 3.63) is 54.1 Å². The predicted octanol–water partition coefficient (Wildman–Crippen LogP) is 3.93. The quantitative estimate of drug-likeness (QED) is 0.883. The van der Waals surface area contributed by atoms with E-state index in [1.54, 1.807) is 6.92 Å². The van der Waals surface area contributed by atoms with E-state index in [0.29, 0.717) is 23.9 Å². The maximum Gasteiger partial charge on any atom is 0.169 e. The van der Waals surface area contributed by atoms with Crippen molar-refractivity contribution < 1.29 is 14.6 Å². The maximum absolute atomic E-state index is 9.74. The van der Waals surface area contributed by atoms with Crippen molar-refractivity contribution in [1.29, 1.82) is 0 Å². The van der Waals surface area contributed by atoms with Crippen LogP contribution in [0.25, 0.3) is 0 Å². The van der Waals surface area contributed by atoms with E-state index in [0.717, 1.165) is 5.56 Å². The summed E-state index contributed by atoms with van der Waals surface area (Å²) in [7, 11) is 0. The number of hydrogen-bond acceptors (Lipinski definition) is 3. The molecule has 0 spiro atoms. The molecule has 0 aliphatic carbocycles. The second-order valence-electron chi connectivity index (χ2n) is 4.20. The highest BCUT2D eigenvalue weighted by molar-refractivity contribution is 5.45. The molecule has 19 heavy (non-hydrogen) atoms. The standard InChI is InChI=1S/C16H18O3/c1-3-18-15-10-6-7-11-16(15)19-14-9-5-4-8-13(14)12(2)17/h4-12,17H,3H2,1-2H3/t12-/m0/s1. The number of rotatable bonds is 5. The molecule has 1 atom stereocenters. The third kappa shape index (κ3) is 3.26. The first-order valence-electron chi connectivity index (χ1n) is 6.39. The molecule has 2 rings (SSSR count). The minimum Gasteiger partial charge on any atom is -0.490 e. The van der Waals surface area contributed by atoms with Crippen LogP contribution in [0.3, 0.4) is 0 Å². The minimum absolute atomic E-state index is 0.574. The van der Waals surface area contributed by atoms with Crippen LogP contribution in [-0.4, -0.2) is 11.7 Å². The van der Waals surface area contributed by atoms with Crippen LogP contribution in [0.1, 0.15) is 25.5 Å². The number of aliphatic hydroxyl groups excluding tert-OH is 1. The van der Waals surface area contributed by atoms with Crippen LogP contribution in [0, 0.1) is 0 Å². The van der Waals surface area contributed by atoms with Gasteiger partial charge in [-0.1, -0.05) is 30.3 Å². The van der Waals surface area contributed by atoms with E-state index >= 15 is 0 Å². The van der Waals surface area contributed by atoms with Crippen LogP contribution in [0.2, 0.25) is 0 Å². The molecule has 1 N–H and O–H groups in total. The molecule has 3 nitrogen and oxygen atoms in total. The fourth-order valence-electron chi connectivity index (χ4n) is 1.85. The van der Waals surface area contributed by atoms with Gasteiger partial charge in [0, 0.05) is 5.56 Å². The second kappa shape index (κ2) is 6.25. The zero-order valence-corrected chi connectivity index (χ0v) is 11.2. The molecule has 2 aromatic rings. The summed E-state index contributed by atoms with van der Waals surface area (Å²) < 4.78 is 11.4. The Morgan fingerprint density at radius 1 is 0.947 bits per heavy atom. The lowest BCUT2D eigenvalue weighted by Gasteiger charge is -2.15. The van der Waals surface area contributed by atoms with Gasteiger partial charge in [-0.3, -0.25) is 0 Å². The SMILES string of the molecule is CCOc1ccccc1Oc1ccccc1[C@H](C)O. The van der Waals surface area contributed by atoms with E-state index in [4.69, 9.17) is 9.47 Å². The van der Waals surface area contributed by atoms with E-state index in [9.17, 15) is 5.11 Å². The van der Waals surface area contributed by atoms with E-state index in [-0.39, 0.29) is 0 Å². The van der Waals surface area contributed by atoms with Crippen molar-refractivity contribution in [2.75, 3.05) is 6.61 Å². The monoisotopic (exact) mass is 258 g/mol. The van der Waals surface area contributed by atoms with Gasteiger partial charge in [0.2, 0.25) is 0 Å². The molecule has 0 saturated carbocycles. The van der Waals surface area contributed by atoms with Gasteiger partial charge >= 0.3 is 0 Å². The molecule has 0 fully saturated rings. The molecular formula is C16H18O3. The van der Waals surface area contributed by atoms with Crippen molar-refractivity contribution >= 4 is 0 Å². The molecule has 0 bridgehead atoms. The molecule has 0 aliphatic rings. The zero-order chi connectivity index (χ0) is 13.7. The van der Waals surface area contributed by atoms with E-state index < -0.39 is 6.10 Å². The summed E-state index contributed by atoms with van der Waals surface area (Å²) in [5.41, 5.74) is 0.758. The molecule has 0 heterocycles. The summed E-state index contributed by atoms with van der Waals surface area (Å²) in [5, 5.41) is 9.74. The Balaban J connectivity index is 2.31. The summed E-state index contributed by atoms with van der Waals surface area (Å²) in [6.45, 7) is 4.23. The second-order valence-corrected chi connectivity index (χ2v) is 4.20. The first-order valence-corrected chi connectivity index (χ1v) is 6.39. The molecule has 0 saturated heterocycles. The molecule has 100 valence electrons. The van der Waals surface area contributed by atoms with Crippen molar-refractivity contribution in [3.63, 3.8) is 0 Å². The first-order chi connectivity index (χ1) is 9.22. The van der Waals surface area contributed by atoms with Gasteiger partial charge in [0.25, 0.3) is 0 Å². The minimum atomic E-state index is -0.574. The molecule has 0 aromatic heterocycles. The van der Waals surface area contributed by atoms with Crippen LogP contribution in [0.5, 0.6) is 17.2 Å². The smallest absolute Gasteiger partial charge is 0.169 e. The average Bonchev–Trinajstić information content (AvgIpc) is 2.42. The molecule has 0 aliphatic heterocycles. The van der Waals surface area contributed by atoms with Gasteiger partial charge in [-0.2, -0.15) is 0 Å². The van der Waals surface area contributed by atoms with Gasteiger partial charge in [0.1, 0.15) is 5.75 Å². The maximum atomic E-state index is 9.74. The summed E-state index contributed by atoms with van der Waals surface area (Å²) in [6, 6.07) is 15.0. The lowest BCUT2D eigenvalue weighted by atomic mass is 10.1. The highest BCUT2D eigenvalue weighted by atomic mass is 16.5. The highest BCUT2D eigenvalue weighted by Gasteiger charge is 2.11. The average molecular weight is 258 g/mol. The van der Waals surface area contributed by atoms with E-state index in [1.165, 1.54) is 0 Å².